The summed E-state index contributed by atoms with van der Waals surface area (Å²) in [4.78, 5) is 0. The van der Waals surface area contributed by atoms with Gasteiger partial charge in [0.1, 0.15) is 12.9 Å². The number of aromatic nitrogens is 3. The predicted octanol–water partition coefficient (Wildman–Crippen LogP) is 1.40. The van der Waals surface area contributed by atoms with E-state index >= 15 is 0 Å². The zero-order valence-electron chi connectivity index (χ0n) is 9.08. The highest BCUT2D eigenvalue weighted by Crippen LogP contribution is 2.04. The van der Waals surface area contributed by atoms with Gasteiger partial charge in [-0.25, -0.2) is 0 Å². The number of benzene rings is 1. The van der Waals surface area contributed by atoms with Crippen LogP contribution >= 0.6 is 0 Å². The van der Waals surface area contributed by atoms with Crippen LogP contribution in [0.4, 0.5) is 0 Å². The first kappa shape index (κ1) is 10.8. The Balaban J connectivity index is 1.85. The lowest BCUT2D eigenvalue weighted by molar-refractivity contribution is 0.264. The van der Waals surface area contributed by atoms with E-state index in [1.807, 2.05) is 22.8 Å². The fourth-order valence-electron chi connectivity index (χ4n) is 1.69. The maximum Gasteiger partial charge on any atom is 0.158 e. The zero-order chi connectivity index (χ0) is 11.2. The van der Waals surface area contributed by atoms with Gasteiger partial charge in [0.15, 0.2) is 5.82 Å². The summed E-state index contributed by atoms with van der Waals surface area (Å²) < 4.78 is 1.89. The third-order valence-electron chi connectivity index (χ3n) is 2.54. The van der Waals surface area contributed by atoms with Crippen molar-refractivity contribution in [1.82, 2.24) is 14.8 Å². The summed E-state index contributed by atoms with van der Waals surface area (Å²) in [6, 6.07) is 10.4. The minimum atomic E-state index is -0.0503. The first-order valence-corrected chi connectivity index (χ1v) is 5.41. The number of nitrogens with zero attached hydrogens (tertiary/aromatic N) is 3. The fourth-order valence-corrected chi connectivity index (χ4v) is 1.69. The van der Waals surface area contributed by atoms with Crippen LogP contribution in [0, 0.1) is 0 Å². The van der Waals surface area contributed by atoms with E-state index in [4.69, 9.17) is 5.11 Å². The molecule has 0 aliphatic heterocycles. The third-order valence-corrected chi connectivity index (χ3v) is 2.54. The quantitative estimate of drug-likeness (QED) is 0.823. The maximum atomic E-state index is 9.00. The molecular formula is C12H15N3O. The van der Waals surface area contributed by atoms with E-state index in [1.54, 1.807) is 6.33 Å². The molecule has 4 nitrogen and oxygen atoms in total. The summed E-state index contributed by atoms with van der Waals surface area (Å²) in [5.41, 5.74) is 1.33. The number of rotatable bonds is 5. The Bertz CT molecular complexity index is 425. The van der Waals surface area contributed by atoms with Crippen molar-refractivity contribution in [1.29, 1.82) is 0 Å². The van der Waals surface area contributed by atoms with E-state index in [9.17, 15) is 0 Å². The van der Waals surface area contributed by atoms with Gasteiger partial charge in [0.25, 0.3) is 0 Å². The van der Waals surface area contributed by atoms with Gasteiger partial charge in [-0.2, -0.15) is 0 Å². The standard InChI is InChI=1S/C12H15N3O/c16-9-12-14-13-10-15(12)8-4-7-11-5-2-1-3-6-11/h1-3,5-6,10,16H,4,7-9H2. The highest BCUT2D eigenvalue weighted by Gasteiger charge is 2.01. The molecule has 0 spiro atoms. The molecule has 0 fully saturated rings. The summed E-state index contributed by atoms with van der Waals surface area (Å²) in [6.07, 6.45) is 3.72. The predicted molar refractivity (Wildman–Crippen MR) is 60.7 cm³/mol. The van der Waals surface area contributed by atoms with Gasteiger partial charge in [0, 0.05) is 6.54 Å². The molecule has 0 unspecified atom stereocenters. The van der Waals surface area contributed by atoms with Gasteiger partial charge in [-0.1, -0.05) is 30.3 Å². The molecule has 84 valence electrons. The van der Waals surface area contributed by atoms with Crippen LogP contribution in [0.5, 0.6) is 0 Å². The van der Waals surface area contributed by atoms with E-state index in [1.165, 1.54) is 5.56 Å². The lowest BCUT2D eigenvalue weighted by Gasteiger charge is -2.04. The van der Waals surface area contributed by atoms with Gasteiger partial charge in [0.2, 0.25) is 0 Å². The Hall–Kier alpha value is -1.68. The molecule has 2 rings (SSSR count). The molecule has 2 aromatic rings. The molecule has 0 saturated heterocycles. The second-order valence-electron chi connectivity index (χ2n) is 3.69. The molecule has 0 bridgehead atoms. The third kappa shape index (κ3) is 2.67. The fraction of sp³-hybridized carbons (Fsp3) is 0.333. The molecule has 1 aromatic carbocycles. The highest BCUT2D eigenvalue weighted by molar-refractivity contribution is 5.14. The maximum absolute atomic E-state index is 9.00. The summed E-state index contributed by atoms with van der Waals surface area (Å²) in [6.45, 7) is 0.795. The van der Waals surface area contributed by atoms with Crippen LogP contribution in [-0.2, 0) is 19.6 Å². The van der Waals surface area contributed by atoms with Gasteiger partial charge in [-0.3, -0.25) is 0 Å². The van der Waals surface area contributed by atoms with Crippen molar-refractivity contribution >= 4 is 0 Å². The Labute approximate surface area is 94.6 Å². The van der Waals surface area contributed by atoms with Crippen molar-refractivity contribution < 1.29 is 5.11 Å². The Kier molecular flexibility index (Phi) is 3.66. The summed E-state index contributed by atoms with van der Waals surface area (Å²) in [5, 5.41) is 16.6. The SMILES string of the molecule is OCc1nncn1CCCc1ccccc1. The minimum absolute atomic E-state index is 0.0503. The van der Waals surface area contributed by atoms with E-state index in [0.717, 1.165) is 19.4 Å². The number of aliphatic hydroxyl groups excluding tert-OH is 1. The smallest absolute Gasteiger partial charge is 0.158 e. The van der Waals surface area contributed by atoms with Gasteiger partial charge in [-0.15, -0.1) is 10.2 Å². The zero-order valence-corrected chi connectivity index (χ0v) is 9.08. The Morgan fingerprint density at radius 3 is 2.75 bits per heavy atom. The van der Waals surface area contributed by atoms with Crippen molar-refractivity contribution in [3.8, 4) is 0 Å². The molecule has 0 radical (unpaired) electrons. The van der Waals surface area contributed by atoms with Gasteiger partial charge >= 0.3 is 0 Å². The van der Waals surface area contributed by atoms with Crippen LogP contribution in [0.2, 0.25) is 0 Å². The van der Waals surface area contributed by atoms with Crippen LogP contribution in [0.15, 0.2) is 36.7 Å². The summed E-state index contributed by atoms with van der Waals surface area (Å²) in [7, 11) is 0. The van der Waals surface area contributed by atoms with Crippen LogP contribution in [0.1, 0.15) is 17.8 Å². The largest absolute Gasteiger partial charge is 0.388 e. The Morgan fingerprint density at radius 1 is 1.19 bits per heavy atom. The number of aryl methyl sites for hydroxylation is 2. The molecule has 16 heavy (non-hydrogen) atoms. The molecule has 1 N–H and O–H groups in total. The second kappa shape index (κ2) is 5.42. The molecule has 1 aromatic heterocycles. The van der Waals surface area contributed by atoms with Crippen molar-refractivity contribution in [3.63, 3.8) is 0 Å². The topological polar surface area (TPSA) is 50.9 Å². The number of hydrogen-bond acceptors (Lipinski definition) is 3. The highest BCUT2D eigenvalue weighted by atomic mass is 16.3. The number of hydrogen-bond donors (Lipinski definition) is 1. The lowest BCUT2D eigenvalue weighted by Crippen LogP contribution is -2.03. The van der Waals surface area contributed by atoms with Crippen LogP contribution in [0.3, 0.4) is 0 Å². The van der Waals surface area contributed by atoms with Gasteiger partial charge in [0.05, 0.1) is 0 Å². The Morgan fingerprint density at radius 2 is 2.00 bits per heavy atom. The minimum Gasteiger partial charge on any atom is -0.388 e. The molecule has 1 heterocycles. The van der Waals surface area contributed by atoms with E-state index in [2.05, 4.69) is 22.3 Å². The first-order chi connectivity index (χ1) is 7.90. The molecule has 0 aliphatic rings. The van der Waals surface area contributed by atoms with Crippen LogP contribution in [0.25, 0.3) is 0 Å². The molecule has 0 amide bonds. The number of aliphatic hydroxyl groups is 1. The van der Waals surface area contributed by atoms with Gasteiger partial charge in [-0.05, 0) is 18.4 Å². The molecular weight excluding hydrogens is 202 g/mol. The summed E-state index contributed by atoms with van der Waals surface area (Å²) >= 11 is 0. The second-order valence-corrected chi connectivity index (χ2v) is 3.69. The van der Waals surface area contributed by atoms with Crippen LogP contribution < -0.4 is 0 Å². The first-order valence-electron chi connectivity index (χ1n) is 5.41. The average Bonchev–Trinajstić information content (AvgIpc) is 2.78. The van der Waals surface area contributed by atoms with E-state index in [0.29, 0.717) is 5.82 Å². The van der Waals surface area contributed by atoms with Gasteiger partial charge < -0.3 is 9.67 Å². The molecule has 0 aliphatic carbocycles. The molecule has 0 atom stereocenters. The summed E-state index contributed by atoms with van der Waals surface area (Å²) in [5.74, 6) is 0.632. The molecule has 0 saturated carbocycles. The van der Waals surface area contributed by atoms with Crippen molar-refractivity contribution in [2.45, 2.75) is 26.0 Å². The van der Waals surface area contributed by atoms with Crippen molar-refractivity contribution in [3.05, 3.63) is 48.0 Å². The van der Waals surface area contributed by atoms with Crippen molar-refractivity contribution in [2.75, 3.05) is 0 Å². The monoisotopic (exact) mass is 217 g/mol. The van der Waals surface area contributed by atoms with Crippen molar-refractivity contribution in [2.24, 2.45) is 0 Å². The normalized spacial score (nSPS) is 10.6. The van der Waals surface area contributed by atoms with E-state index in [-0.39, 0.29) is 6.61 Å². The van der Waals surface area contributed by atoms with Crippen LogP contribution in [-0.4, -0.2) is 19.9 Å². The molecule has 4 heteroatoms. The van der Waals surface area contributed by atoms with E-state index < -0.39 is 0 Å². The average molecular weight is 217 g/mol. The lowest BCUT2D eigenvalue weighted by atomic mass is 10.1.